The summed E-state index contributed by atoms with van der Waals surface area (Å²) in [6.45, 7) is 0. The number of imidazole rings is 1. The molecule has 1 aromatic heterocycles. The van der Waals surface area contributed by atoms with Crippen LogP contribution in [0.1, 0.15) is 23.0 Å². The van der Waals surface area contributed by atoms with Crippen LogP contribution >= 0.6 is 0 Å². The van der Waals surface area contributed by atoms with Gasteiger partial charge < -0.3 is 25.5 Å². The van der Waals surface area contributed by atoms with Crippen LogP contribution in [0.5, 0.6) is 11.5 Å². The molecule has 5 rings (SSSR count). The maximum atomic E-state index is 12.6. The number of nitrogens with zero attached hydrogens (tertiary/aromatic N) is 1. The number of nitrogens with one attached hydrogen (secondary N) is 3. The van der Waals surface area contributed by atoms with E-state index in [1.165, 1.54) is 7.11 Å². The maximum absolute atomic E-state index is 12.6. The van der Waals surface area contributed by atoms with Crippen molar-refractivity contribution in [2.45, 2.75) is 6.04 Å². The first kappa shape index (κ1) is 18.7. The predicted molar refractivity (Wildman–Crippen MR) is 118 cm³/mol. The number of aromatic hydroxyl groups is 1. The van der Waals surface area contributed by atoms with E-state index >= 15 is 0 Å². The molecular weight excluding hydrogens is 392 g/mol. The molecular formula is C24H20N4O3. The molecule has 7 nitrogen and oxygen atoms in total. The van der Waals surface area contributed by atoms with Crippen LogP contribution in [0.3, 0.4) is 0 Å². The van der Waals surface area contributed by atoms with E-state index in [2.05, 4.69) is 15.6 Å². The van der Waals surface area contributed by atoms with Gasteiger partial charge in [-0.3, -0.25) is 0 Å². The molecule has 0 fully saturated rings. The standard InChI is InChI=1S/C24H20N4O3/c1-31-19-13-15(11-12-18(19)29)22-20(23-25-16-9-5-6-10-17(16)26-23)21(27-24(30)28-22)14-7-3-2-4-8-14/h2-13,22,29H,1H3,(H,25,26)(H2,27,28,30). The average molecular weight is 412 g/mol. The Kier molecular flexibility index (Phi) is 4.55. The summed E-state index contributed by atoms with van der Waals surface area (Å²) in [7, 11) is 1.49. The quantitative estimate of drug-likeness (QED) is 0.404. The highest BCUT2D eigenvalue weighted by atomic mass is 16.5. The number of phenols is 1. The highest BCUT2D eigenvalue weighted by molar-refractivity contribution is 6.02. The van der Waals surface area contributed by atoms with Crippen LogP contribution in [-0.2, 0) is 0 Å². The van der Waals surface area contributed by atoms with Crippen LogP contribution in [0.4, 0.5) is 4.79 Å². The summed E-state index contributed by atoms with van der Waals surface area (Å²) in [6, 6.07) is 21.6. The Labute approximate surface area is 178 Å². The van der Waals surface area contributed by atoms with Crippen molar-refractivity contribution >= 4 is 28.3 Å². The molecule has 154 valence electrons. The van der Waals surface area contributed by atoms with Crippen molar-refractivity contribution in [1.82, 2.24) is 20.6 Å². The molecule has 1 aliphatic rings. The monoisotopic (exact) mass is 412 g/mol. The number of hydrogen-bond acceptors (Lipinski definition) is 4. The van der Waals surface area contributed by atoms with Crippen molar-refractivity contribution in [2.24, 2.45) is 0 Å². The number of carbonyl (C=O) groups is 1. The maximum Gasteiger partial charge on any atom is 0.320 e. The molecule has 0 aliphatic carbocycles. The van der Waals surface area contributed by atoms with Gasteiger partial charge in [0.15, 0.2) is 11.5 Å². The normalized spacial score (nSPS) is 16.2. The lowest BCUT2D eigenvalue weighted by atomic mass is 9.92. The Morgan fingerprint density at radius 1 is 1.00 bits per heavy atom. The SMILES string of the molecule is COc1cc(C2NC(=O)NC(c3ccccc3)=C2c2nc3ccccc3[nH]2)ccc1O. The van der Waals surface area contributed by atoms with Gasteiger partial charge in [0.1, 0.15) is 5.82 Å². The molecule has 7 heteroatoms. The van der Waals surface area contributed by atoms with Gasteiger partial charge in [0.25, 0.3) is 0 Å². The number of fused-ring (bicyclic) bond motifs is 1. The number of carbonyl (C=O) groups excluding carboxylic acids is 1. The van der Waals surface area contributed by atoms with Crippen LogP contribution in [0.2, 0.25) is 0 Å². The zero-order chi connectivity index (χ0) is 21.4. The number of ether oxygens (including phenoxy) is 1. The van der Waals surface area contributed by atoms with E-state index < -0.39 is 6.04 Å². The summed E-state index contributed by atoms with van der Waals surface area (Å²) in [5.74, 6) is 1.00. The fraction of sp³-hybridized carbons (Fsp3) is 0.0833. The lowest BCUT2D eigenvalue weighted by Crippen LogP contribution is -2.43. The number of para-hydroxylation sites is 2. The topological polar surface area (TPSA) is 99.3 Å². The molecule has 0 saturated heterocycles. The number of benzene rings is 3. The van der Waals surface area contributed by atoms with Gasteiger partial charge in [-0.25, -0.2) is 9.78 Å². The summed E-state index contributed by atoms with van der Waals surface area (Å²) >= 11 is 0. The van der Waals surface area contributed by atoms with E-state index in [0.29, 0.717) is 17.3 Å². The number of methoxy groups -OCH3 is 1. The van der Waals surface area contributed by atoms with E-state index in [1.54, 1.807) is 18.2 Å². The third kappa shape index (κ3) is 3.36. The smallest absolute Gasteiger partial charge is 0.320 e. The first-order chi connectivity index (χ1) is 15.1. The highest BCUT2D eigenvalue weighted by Gasteiger charge is 2.32. The molecule has 0 spiro atoms. The largest absolute Gasteiger partial charge is 0.504 e. The van der Waals surface area contributed by atoms with Crippen molar-refractivity contribution in [3.8, 4) is 11.5 Å². The summed E-state index contributed by atoms with van der Waals surface area (Å²) in [5.41, 5.74) is 4.81. The summed E-state index contributed by atoms with van der Waals surface area (Å²) < 4.78 is 5.29. The van der Waals surface area contributed by atoms with Gasteiger partial charge in [-0.2, -0.15) is 0 Å². The number of H-pyrrole nitrogens is 1. The Balaban J connectivity index is 1.76. The van der Waals surface area contributed by atoms with E-state index in [9.17, 15) is 9.90 Å². The lowest BCUT2D eigenvalue weighted by Gasteiger charge is -2.30. The van der Waals surface area contributed by atoms with E-state index in [4.69, 9.17) is 9.72 Å². The zero-order valence-corrected chi connectivity index (χ0v) is 16.7. The van der Waals surface area contributed by atoms with Crippen molar-refractivity contribution in [3.05, 3.63) is 89.7 Å². The van der Waals surface area contributed by atoms with Crippen LogP contribution in [0, 0.1) is 0 Å². The van der Waals surface area contributed by atoms with Crippen LogP contribution < -0.4 is 15.4 Å². The van der Waals surface area contributed by atoms with Gasteiger partial charge in [0.05, 0.1) is 29.9 Å². The summed E-state index contributed by atoms with van der Waals surface area (Å²) in [5, 5.41) is 16.0. The second-order valence-corrected chi connectivity index (χ2v) is 7.22. The molecule has 31 heavy (non-hydrogen) atoms. The minimum Gasteiger partial charge on any atom is -0.504 e. The fourth-order valence-corrected chi connectivity index (χ4v) is 3.86. The Morgan fingerprint density at radius 3 is 2.55 bits per heavy atom. The Morgan fingerprint density at radius 2 is 1.77 bits per heavy atom. The Hall–Kier alpha value is -4.26. The second kappa shape index (κ2) is 7.53. The minimum atomic E-state index is -0.515. The number of urea groups is 1. The number of amides is 2. The van der Waals surface area contributed by atoms with Crippen LogP contribution in [0.15, 0.2) is 72.8 Å². The van der Waals surface area contributed by atoms with Gasteiger partial charge in [0, 0.05) is 5.57 Å². The third-order valence-electron chi connectivity index (χ3n) is 5.32. The molecule has 3 aromatic carbocycles. The van der Waals surface area contributed by atoms with Crippen LogP contribution in [-0.4, -0.2) is 28.2 Å². The molecule has 1 aliphatic heterocycles. The summed E-state index contributed by atoms with van der Waals surface area (Å²) in [4.78, 5) is 20.8. The van der Waals surface area contributed by atoms with Crippen molar-refractivity contribution in [3.63, 3.8) is 0 Å². The molecule has 4 N–H and O–H groups in total. The molecule has 0 bridgehead atoms. The first-order valence-corrected chi connectivity index (χ1v) is 9.83. The number of phenolic OH excluding ortho intramolecular Hbond substituents is 1. The lowest BCUT2D eigenvalue weighted by molar-refractivity contribution is 0.242. The predicted octanol–water partition coefficient (Wildman–Crippen LogP) is 4.20. The van der Waals surface area contributed by atoms with E-state index in [-0.39, 0.29) is 11.8 Å². The van der Waals surface area contributed by atoms with E-state index in [1.807, 2.05) is 54.6 Å². The van der Waals surface area contributed by atoms with Crippen molar-refractivity contribution in [2.75, 3.05) is 7.11 Å². The molecule has 0 radical (unpaired) electrons. The van der Waals surface area contributed by atoms with Gasteiger partial charge in [-0.15, -0.1) is 0 Å². The third-order valence-corrected chi connectivity index (χ3v) is 5.32. The molecule has 2 amide bonds. The van der Waals surface area contributed by atoms with Crippen molar-refractivity contribution in [1.29, 1.82) is 0 Å². The Bertz CT molecular complexity index is 1280. The zero-order valence-electron chi connectivity index (χ0n) is 16.7. The van der Waals surface area contributed by atoms with E-state index in [0.717, 1.165) is 27.7 Å². The van der Waals surface area contributed by atoms with Gasteiger partial charge >= 0.3 is 6.03 Å². The highest BCUT2D eigenvalue weighted by Crippen LogP contribution is 2.39. The average Bonchev–Trinajstić information content (AvgIpc) is 3.23. The summed E-state index contributed by atoms with van der Waals surface area (Å²) in [6.07, 6.45) is 0. The molecule has 0 saturated carbocycles. The number of rotatable bonds is 4. The molecule has 2 heterocycles. The van der Waals surface area contributed by atoms with Gasteiger partial charge in [0.2, 0.25) is 0 Å². The number of aromatic nitrogens is 2. The second-order valence-electron chi connectivity index (χ2n) is 7.22. The van der Waals surface area contributed by atoms with Gasteiger partial charge in [-0.05, 0) is 35.4 Å². The van der Waals surface area contributed by atoms with Gasteiger partial charge in [-0.1, -0.05) is 48.5 Å². The van der Waals surface area contributed by atoms with Crippen molar-refractivity contribution < 1.29 is 14.6 Å². The fourth-order valence-electron chi connectivity index (χ4n) is 3.86. The number of hydrogen-bond donors (Lipinski definition) is 4. The number of aromatic amines is 1. The molecule has 1 atom stereocenters. The molecule has 1 unspecified atom stereocenters. The molecule has 4 aromatic rings. The first-order valence-electron chi connectivity index (χ1n) is 9.83. The minimum absolute atomic E-state index is 0.0315. The van der Waals surface area contributed by atoms with Crippen LogP contribution in [0.25, 0.3) is 22.3 Å².